The molecule has 1 aromatic rings. The smallest absolute Gasteiger partial charge is 0.235 e. The highest BCUT2D eigenvalue weighted by molar-refractivity contribution is 7.92. The van der Waals surface area contributed by atoms with Crippen molar-refractivity contribution in [2.24, 2.45) is 0 Å². The number of benzene rings is 1. The Morgan fingerprint density at radius 2 is 2.06 bits per heavy atom. The molecule has 18 heavy (non-hydrogen) atoms. The van der Waals surface area contributed by atoms with Gasteiger partial charge < -0.3 is 5.11 Å². The molecule has 1 heterocycles. The molecule has 5 heteroatoms. The summed E-state index contributed by atoms with van der Waals surface area (Å²) in [6.45, 7) is 1.98. The second kappa shape index (κ2) is 5.28. The standard InChI is InChI=1S/C13H19NO3S/c1-11-10-12-6-2-3-7-13(12)14(11)18(16,17)9-5-4-8-15/h2-3,6-7,11,15H,4-5,8-10H2,1H3. The Labute approximate surface area is 108 Å². The van der Waals surface area contributed by atoms with Crippen molar-refractivity contribution >= 4 is 15.7 Å². The molecule has 0 saturated carbocycles. The molecule has 1 unspecified atom stereocenters. The van der Waals surface area contributed by atoms with Crippen LogP contribution in [0.1, 0.15) is 25.3 Å². The van der Waals surface area contributed by atoms with Crippen LogP contribution in [-0.2, 0) is 16.4 Å². The first-order chi connectivity index (χ1) is 8.56. The second-order valence-corrected chi connectivity index (χ2v) is 6.69. The fourth-order valence-electron chi connectivity index (χ4n) is 2.46. The zero-order valence-corrected chi connectivity index (χ0v) is 11.4. The number of hydrogen-bond acceptors (Lipinski definition) is 3. The van der Waals surface area contributed by atoms with E-state index in [2.05, 4.69) is 0 Å². The second-order valence-electron chi connectivity index (χ2n) is 4.72. The molecule has 2 rings (SSSR count). The van der Waals surface area contributed by atoms with Crippen molar-refractivity contribution in [2.45, 2.75) is 32.2 Å². The number of sulfonamides is 1. The number of hydrogen-bond donors (Lipinski definition) is 1. The van der Waals surface area contributed by atoms with Gasteiger partial charge in [0.15, 0.2) is 0 Å². The largest absolute Gasteiger partial charge is 0.396 e. The molecule has 1 aliphatic heterocycles. The minimum absolute atomic E-state index is 0.0125. The molecule has 0 aromatic heterocycles. The van der Waals surface area contributed by atoms with Gasteiger partial charge in [-0.25, -0.2) is 8.42 Å². The molecule has 0 saturated heterocycles. The van der Waals surface area contributed by atoms with Crippen LogP contribution in [0.25, 0.3) is 0 Å². The SMILES string of the molecule is CC1Cc2ccccc2N1S(=O)(=O)CCCCO. The fourth-order valence-corrected chi connectivity index (χ4v) is 4.32. The van der Waals surface area contributed by atoms with Gasteiger partial charge in [-0.15, -0.1) is 0 Å². The molecule has 1 aromatic carbocycles. The summed E-state index contributed by atoms with van der Waals surface area (Å²) in [7, 11) is -3.27. The minimum atomic E-state index is -3.27. The third-order valence-corrected chi connectivity index (χ3v) is 5.22. The summed E-state index contributed by atoms with van der Waals surface area (Å²) < 4.78 is 26.2. The monoisotopic (exact) mass is 269 g/mol. The Morgan fingerprint density at radius 1 is 1.33 bits per heavy atom. The lowest BCUT2D eigenvalue weighted by atomic mass is 10.1. The van der Waals surface area contributed by atoms with Gasteiger partial charge >= 0.3 is 0 Å². The van der Waals surface area contributed by atoms with Crippen molar-refractivity contribution in [3.63, 3.8) is 0 Å². The summed E-state index contributed by atoms with van der Waals surface area (Å²) in [4.78, 5) is 0. The first-order valence-corrected chi connectivity index (χ1v) is 7.88. The van der Waals surface area contributed by atoms with E-state index in [0.717, 1.165) is 17.7 Å². The number of para-hydroxylation sites is 1. The highest BCUT2D eigenvalue weighted by atomic mass is 32.2. The zero-order chi connectivity index (χ0) is 13.2. The summed E-state index contributed by atoms with van der Waals surface area (Å²) in [6, 6.07) is 7.64. The number of unbranched alkanes of at least 4 members (excludes halogenated alkanes) is 1. The van der Waals surface area contributed by atoms with Crippen LogP contribution in [0.4, 0.5) is 5.69 Å². The van der Waals surface area contributed by atoms with E-state index in [4.69, 9.17) is 5.11 Å². The molecule has 0 aliphatic carbocycles. The fraction of sp³-hybridized carbons (Fsp3) is 0.538. The number of aliphatic hydroxyl groups is 1. The molecule has 0 fully saturated rings. The molecule has 1 N–H and O–H groups in total. The number of rotatable bonds is 5. The van der Waals surface area contributed by atoms with Crippen LogP contribution in [0.3, 0.4) is 0 Å². The molecule has 4 nitrogen and oxygen atoms in total. The molecule has 0 radical (unpaired) electrons. The van der Waals surface area contributed by atoms with Gasteiger partial charge in [-0.05, 0) is 37.8 Å². The maximum atomic E-state index is 12.3. The lowest BCUT2D eigenvalue weighted by molar-refractivity contribution is 0.287. The lowest BCUT2D eigenvalue weighted by Gasteiger charge is -2.24. The number of aliphatic hydroxyl groups excluding tert-OH is 1. The summed E-state index contributed by atoms with van der Waals surface area (Å²) in [6.07, 6.45) is 1.81. The normalized spacial score (nSPS) is 19.0. The Bertz CT molecular complexity index is 513. The van der Waals surface area contributed by atoms with Crippen LogP contribution in [0.15, 0.2) is 24.3 Å². The average Bonchev–Trinajstić information content (AvgIpc) is 2.65. The number of nitrogens with zero attached hydrogens (tertiary/aromatic N) is 1. The highest BCUT2D eigenvalue weighted by Crippen LogP contribution is 2.34. The summed E-state index contributed by atoms with van der Waals surface area (Å²) in [5, 5.41) is 8.73. The van der Waals surface area contributed by atoms with Crippen LogP contribution >= 0.6 is 0 Å². The zero-order valence-electron chi connectivity index (χ0n) is 10.5. The molecule has 1 atom stereocenters. The maximum absolute atomic E-state index is 12.3. The van der Waals surface area contributed by atoms with Gasteiger partial charge in [-0.1, -0.05) is 18.2 Å². The topological polar surface area (TPSA) is 57.6 Å². The van der Waals surface area contributed by atoms with Crippen molar-refractivity contribution in [3.8, 4) is 0 Å². The molecule has 0 bridgehead atoms. The van der Waals surface area contributed by atoms with E-state index >= 15 is 0 Å². The lowest BCUT2D eigenvalue weighted by Crippen LogP contribution is -2.37. The molecular weight excluding hydrogens is 250 g/mol. The van der Waals surface area contributed by atoms with Gasteiger partial charge in [0.25, 0.3) is 0 Å². The summed E-state index contributed by atoms with van der Waals surface area (Å²) in [5.41, 5.74) is 1.91. The molecule has 0 spiro atoms. The van der Waals surface area contributed by atoms with Crippen LogP contribution in [0.5, 0.6) is 0 Å². The van der Waals surface area contributed by atoms with Gasteiger partial charge in [-0.2, -0.15) is 0 Å². The van der Waals surface area contributed by atoms with Crippen LogP contribution < -0.4 is 4.31 Å². The van der Waals surface area contributed by atoms with Gasteiger partial charge in [0.1, 0.15) is 0 Å². The van der Waals surface area contributed by atoms with E-state index in [1.54, 1.807) is 4.31 Å². The minimum Gasteiger partial charge on any atom is -0.396 e. The maximum Gasteiger partial charge on any atom is 0.235 e. The Kier molecular flexibility index (Phi) is 3.92. The van der Waals surface area contributed by atoms with E-state index in [9.17, 15) is 8.42 Å². The van der Waals surface area contributed by atoms with E-state index in [1.807, 2.05) is 31.2 Å². The Balaban J connectivity index is 2.22. The van der Waals surface area contributed by atoms with Crippen molar-refractivity contribution in [2.75, 3.05) is 16.7 Å². The van der Waals surface area contributed by atoms with Crippen molar-refractivity contribution in [1.82, 2.24) is 0 Å². The number of fused-ring (bicyclic) bond motifs is 1. The van der Waals surface area contributed by atoms with E-state index in [0.29, 0.717) is 12.8 Å². The van der Waals surface area contributed by atoms with Crippen LogP contribution in [0, 0.1) is 0 Å². The Hall–Kier alpha value is -1.07. The molecule has 1 aliphatic rings. The predicted octanol–water partition coefficient (Wildman–Crippen LogP) is 1.54. The highest BCUT2D eigenvalue weighted by Gasteiger charge is 2.34. The first kappa shape index (κ1) is 13.4. The van der Waals surface area contributed by atoms with Crippen LogP contribution in [0.2, 0.25) is 0 Å². The third-order valence-electron chi connectivity index (χ3n) is 3.25. The summed E-state index contributed by atoms with van der Waals surface area (Å²) >= 11 is 0. The van der Waals surface area contributed by atoms with Gasteiger partial charge in [0.05, 0.1) is 11.4 Å². The van der Waals surface area contributed by atoms with E-state index < -0.39 is 10.0 Å². The quantitative estimate of drug-likeness (QED) is 0.825. The van der Waals surface area contributed by atoms with Crippen molar-refractivity contribution in [3.05, 3.63) is 29.8 Å². The molecular formula is C13H19NO3S. The first-order valence-electron chi connectivity index (χ1n) is 6.27. The van der Waals surface area contributed by atoms with Crippen LogP contribution in [-0.4, -0.2) is 31.9 Å². The Morgan fingerprint density at radius 3 is 2.78 bits per heavy atom. The van der Waals surface area contributed by atoms with Gasteiger partial charge in [0, 0.05) is 12.6 Å². The van der Waals surface area contributed by atoms with E-state index in [-0.39, 0.29) is 18.4 Å². The van der Waals surface area contributed by atoms with Crippen molar-refractivity contribution < 1.29 is 13.5 Å². The molecule has 0 amide bonds. The third kappa shape index (κ3) is 2.52. The average molecular weight is 269 g/mol. The summed E-state index contributed by atoms with van der Waals surface area (Å²) in [5.74, 6) is 0.103. The van der Waals surface area contributed by atoms with E-state index in [1.165, 1.54) is 0 Å². The predicted molar refractivity (Wildman–Crippen MR) is 72.2 cm³/mol. The van der Waals surface area contributed by atoms with Gasteiger partial charge in [-0.3, -0.25) is 4.31 Å². The van der Waals surface area contributed by atoms with Crippen molar-refractivity contribution in [1.29, 1.82) is 0 Å². The number of anilines is 1. The van der Waals surface area contributed by atoms with Gasteiger partial charge in [0.2, 0.25) is 10.0 Å². The molecule has 100 valence electrons.